The minimum atomic E-state index is -4.33. The number of rotatable bonds is 5. The number of halogens is 1. The van der Waals surface area contributed by atoms with Crippen LogP contribution < -0.4 is 4.74 Å². The Balaban J connectivity index is 1.90. The van der Waals surface area contributed by atoms with E-state index >= 15 is 0 Å². The average Bonchev–Trinajstić information content (AvgIpc) is 2.83. The Labute approximate surface area is 195 Å². The van der Waals surface area contributed by atoms with E-state index in [0.717, 1.165) is 0 Å². The van der Waals surface area contributed by atoms with E-state index in [0.29, 0.717) is 15.1 Å². The molecule has 0 saturated heterocycles. The number of carbonyl (C=O) groups is 2. The van der Waals surface area contributed by atoms with Crippen LogP contribution >= 0.6 is 11.6 Å². The predicted molar refractivity (Wildman–Crippen MR) is 123 cm³/mol. The fourth-order valence-electron chi connectivity index (χ4n) is 3.51. The van der Waals surface area contributed by atoms with Crippen LogP contribution in [-0.2, 0) is 10.0 Å². The summed E-state index contributed by atoms with van der Waals surface area (Å²) in [7, 11) is -2.89. The molecule has 3 aromatic carbocycles. The van der Waals surface area contributed by atoms with E-state index in [1.165, 1.54) is 67.8 Å². The van der Waals surface area contributed by atoms with Crippen molar-refractivity contribution in [3.8, 4) is 5.75 Å². The van der Waals surface area contributed by atoms with Crippen molar-refractivity contribution in [2.24, 2.45) is 0 Å². The Morgan fingerprint density at radius 3 is 2.39 bits per heavy atom. The summed E-state index contributed by atoms with van der Waals surface area (Å²) in [5.74, 6) is -1.47. The van der Waals surface area contributed by atoms with Crippen molar-refractivity contribution >= 4 is 38.9 Å². The minimum Gasteiger partial charge on any atom is -0.505 e. The molecule has 0 radical (unpaired) electrons. The number of Topliss-reactive ketones (excluding diaryl/α,β-unsaturated/α-hetero) is 2. The van der Waals surface area contributed by atoms with Crippen LogP contribution in [0.2, 0.25) is 5.02 Å². The Bertz CT molecular complexity index is 1400. The number of hydrogen-bond donors (Lipinski definition) is 1. The van der Waals surface area contributed by atoms with E-state index < -0.39 is 39.6 Å². The maximum Gasteiger partial charge on any atom is 0.265 e. The van der Waals surface area contributed by atoms with Gasteiger partial charge >= 0.3 is 0 Å². The van der Waals surface area contributed by atoms with Crippen molar-refractivity contribution < 1.29 is 27.9 Å². The number of hydrogen-bond acceptors (Lipinski definition) is 6. The van der Waals surface area contributed by atoms with Crippen molar-refractivity contribution in [1.82, 2.24) is 4.31 Å². The standard InChI is InChI=1S/C24H18ClNO6S/c1-32-18-6-4-5-16(13-18)23(28)22-24(29)19-7-2-3-8-21(19)33(30,31)26(22)14-20(27)15-9-11-17(25)12-10-15/h2-13,28H,14H2,1H3/b23-22+. The molecule has 1 N–H and O–H groups in total. The summed E-state index contributed by atoms with van der Waals surface area (Å²) < 4.78 is 32.8. The Morgan fingerprint density at radius 1 is 1.00 bits per heavy atom. The van der Waals surface area contributed by atoms with Crippen LogP contribution in [0.4, 0.5) is 0 Å². The van der Waals surface area contributed by atoms with Crippen LogP contribution in [0.1, 0.15) is 26.3 Å². The van der Waals surface area contributed by atoms with E-state index in [2.05, 4.69) is 0 Å². The zero-order chi connectivity index (χ0) is 23.8. The van der Waals surface area contributed by atoms with Gasteiger partial charge in [-0.2, -0.15) is 0 Å². The molecule has 33 heavy (non-hydrogen) atoms. The Hall–Kier alpha value is -3.62. The van der Waals surface area contributed by atoms with Crippen molar-refractivity contribution in [2.45, 2.75) is 4.90 Å². The molecular formula is C24H18ClNO6S. The van der Waals surface area contributed by atoms with Crippen LogP contribution in [0.25, 0.3) is 5.76 Å². The number of nitrogens with zero attached hydrogens (tertiary/aromatic N) is 1. The second-order valence-electron chi connectivity index (χ2n) is 7.20. The van der Waals surface area contributed by atoms with Gasteiger partial charge in [0.05, 0.1) is 18.6 Å². The maximum atomic E-state index is 13.5. The Kier molecular flexibility index (Phi) is 5.97. The maximum absolute atomic E-state index is 13.5. The molecule has 7 nitrogen and oxygen atoms in total. The summed E-state index contributed by atoms with van der Waals surface area (Å²) in [5.41, 5.74) is -0.223. The van der Waals surface area contributed by atoms with E-state index in [1.807, 2.05) is 0 Å². The fourth-order valence-corrected chi connectivity index (χ4v) is 5.26. The SMILES string of the molecule is COc1cccc(/C(O)=C2/C(=O)c3ccccc3S(=O)(=O)N2CC(=O)c2ccc(Cl)cc2)c1. The number of ether oxygens (including phenoxy) is 1. The molecule has 168 valence electrons. The van der Waals surface area contributed by atoms with E-state index in [4.69, 9.17) is 16.3 Å². The summed E-state index contributed by atoms with van der Waals surface area (Å²) in [6.45, 7) is -0.687. The van der Waals surface area contributed by atoms with Gasteiger partial charge in [-0.25, -0.2) is 8.42 Å². The molecule has 0 bridgehead atoms. The molecule has 0 aromatic heterocycles. The van der Waals surface area contributed by atoms with Crippen LogP contribution in [0.15, 0.2) is 83.4 Å². The number of aliphatic hydroxyl groups is 1. The van der Waals surface area contributed by atoms with Crippen molar-refractivity contribution in [1.29, 1.82) is 0 Å². The van der Waals surface area contributed by atoms with Gasteiger partial charge < -0.3 is 9.84 Å². The number of ketones is 2. The quantitative estimate of drug-likeness (QED) is 0.329. The van der Waals surface area contributed by atoms with Crippen LogP contribution in [-0.4, -0.2) is 43.1 Å². The highest BCUT2D eigenvalue weighted by Gasteiger charge is 2.42. The van der Waals surface area contributed by atoms with Crippen molar-refractivity contribution in [2.75, 3.05) is 13.7 Å². The number of allylic oxidation sites excluding steroid dienone is 1. The average molecular weight is 484 g/mol. The molecule has 0 aliphatic carbocycles. The fraction of sp³-hybridized carbons (Fsp3) is 0.0833. The smallest absolute Gasteiger partial charge is 0.265 e. The molecule has 0 spiro atoms. The molecule has 0 saturated carbocycles. The molecule has 0 unspecified atom stereocenters. The van der Waals surface area contributed by atoms with Crippen LogP contribution in [0, 0.1) is 0 Å². The van der Waals surface area contributed by atoms with Gasteiger partial charge in [-0.1, -0.05) is 35.9 Å². The summed E-state index contributed by atoms with van der Waals surface area (Å²) in [6, 6.07) is 17.8. The highest BCUT2D eigenvalue weighted by Crippen LogP contribution is 2.36. The van der Waals surface area contributed by atoms with E-state index in [-0.39, 0.29) is 21.6 Å². The van der Waals surface area contributed by atoms with Gasteiger partial charge in [0.15, 0.2) is 11.5 Å². The van der Waals surface area contributed by atoms with E-state index in [1.54, 1.807) is 12.1 Å². The lowest BCUT2D eigenvalue weighted by molar-refractivity contribution is 0.0952. The minimum absolute atomic E-state index is 0.0860. The summed E-state index contributed by atoms with van der Waals surface area (Å²) in [5, 5.41) is 11.5. The monoisotopic (exact) mass is 483 g/mol. The van der Waals surface area contributed by atoms with E-state index in [9.17, 15) is 23.1 Å². The summed E-state index contributed by atoms with van der Waals surface area (Å²) in [6.07, 6.45) is 0. The zero-order valence-corrected chi connectivity index (χ0v) is 18.9. The lowest BCUT2D eigenvalue weighted by Gasteiger charge is -2.31. The third-order valence-corrected chi connectivity index (χ3v) is 7.24. The molecule has 4 rings (SSSR count). The largest absolute Gasteiger partial charge is 0.505 e. The number of benzene rings is 3. The summed E-state index contributed by atoms with van der Waals surface area (Å²) in [4.78, 5) is 26.1. The lowest BCUT2D eigenvalue weighted by Crippen LogP contribution is -2.42. The molecule has 3 aromatic rings. The van der Waals surface area contributed by atoms with Gasteiger partial charge in [0, 0.05) is 21.7 Å². The lowest BCUT2D eigenvalue weighted by atomic mass is 10.0. The van der Waals surface area contributed by atoms with Gasteiger partial charge in [-0.05, 0) is 48.5 Å². The molecule has 0 atom stereocenters. The number of sulfonamides is 1. The first kappa shape index (κ1) is 22.6. The van der Waals surface area contributed by atoms with Crippen LogP contribution in [0.3, 0.4) is 0 Å². The first-order valence-corrected chi connectivity index (χ1v) is 11.6. The van der Waals surface area contributed by atoms with Gasteiger partial charge in [0.1, 0.15) is 11.4 Å². The molecular weight excluding hydrogens is 466 g/mol. The highest BCUT2D eigenvalue weighted by molar-refractivity contribution is 7.89. The normalized spacial score (nSPS) is 16.2. The first-order chi connectivity index (χ1) is 15.7. The van der Waals surface area contributed by atoms with Gasteiger partial charge in [0.2, 0.25) is 5.78 Å². The zero-order valence-electron chi connectivity index (χ0n) is 17.4. The molecule has 0 amide bonds. The molecule has 1 heterocycles. The van der Waals surface area contributed by atoms with Crippen molar-refractivity contribution in [3.63, 3.8) is 0 Å². The first-order valence-electron chi connectivity index (χ1n) is 9.77. The van der Waals surface area contributed by atoms with Gasteiger partial charge in [-0.3, -0.25) is 13.9 Å². The number of fused-ring (bicyclic) bond motifs is 1. The highest BCUT2D eigenvalue weighted by atomic mass is 35.5. The second-order valence-corrected chi connectivity index (χ2v) is 9.46. The van der Waals surface area contributed by atoms with Gasteiger partial charge in [0.25, 0.3) is 10.0 Å². The number of methoxy groups -OCH3 is 1. The molecule has 1 aliphatic heterocycles. The third-order valence-electron chi connectivity index (χ3n) is 5.19. The molecule has 9 heteroatoms. The van der Waals surface area contributed by atoms with Gasteiger partial charge in [-0.15, -0.1) is 0 Å². The van der Waals surface area contributed by atoms with Crippen LogP contribution in [0.5, 0.6) is 5.75 Å². The van der Waals surface area contributed by atoms with Crippen molar-refractivity contribution in [3.05, 3.63) is 100 Å². The molecule has 0 fully saturated rings. The topological polar surface area (TPSA) is 101 Å². The Morgan fingerprint density at radius 2 is 1.70 bits per heavy atom. The second kappa shape index (κ2) is 8.73. The number of carbonyl (C=O) groups excluding carboxylic acids is 2. The predicted octanol–water partition coefficient (Wildman–Crippen LogP) is 4.35. The number of aliphatic hydroxyl groups excluding tert-OH is 1. The third kappa shape index (κ3) is 4.10. The molecule has 1 aliphatic rings. The summed E-state index contributed by atoms with van der Waals surface area (Å²) >= 11 is 5.87.